The van der Waals surface area contributed by atoms with Gasteiger partial charge in [-0.2, -0.15) is 0 Å². The van der Waals surface area contributed by atoms with Crippen LogP contribution in [0.15, 0.2) is 17.1 Å². The lowest BCUT2D eigenvalue weighted by molar-refractivity contribution is 0.547. The minimum absolute atomic E-state index is 0.549. The maximum atomic E-state index is 12.5. The minimum Gasteiger partial charge on any atom is -0.258 e. The van der Waals surface area contributed by atoms with Gasteiger partial charge in [0.25, 0.3) is 0 Å². The molecule has 0 unspecified atom stereocenters. The van der Waals surface area contributed by atoms with Crippen molar-refractivity contribution in [1.29, 1.82) is 0 Å². The number of aliphatic imine (C=N–C) groups is 1. The van der Waals surface area contributed by atoms with Crippen molar-refractivity contribution in [2.45, 2.75) is 0 Å². The van der Waals surface area contributed by atoms with Gasteiger partial charge in [0.2, 0.25) is 0 Å². The maximum Gasteiger partial charge on any atom is 0.154 e. The van der Waals surface area contributed by atoms with Crippen LogP contribution >= 0.6 is 0 Å². The Morgan fingerprint density at radius 1 is 1.09 bits per heavy atom. The summed E-state index contributed by atoms with van der Waals surface area (Å²) < 4.78 is 37.2. The molecular formula is C7H4F3N. The molecule has 0 atom stereocenters. The van der Waals surface area contributed by atoms with Gasteiger partial charge in [0.1, 0.15) is 11.5 Å². The number of halogens is 3. The highest BCUT2D eigenvalue weighted by Crippen LogP contribution is 2.21. The fraction of sp³-hybridized carbons (Fsp3) is 0. The largest absolute Gasteiger partial charge is 0.258 e. The highest BCUT2D eigenvalue weighted by atomic mass is 19.1. The van der Waals surface area contributed by atoms with E-state index >= 15 is 0 Å². The lowest BCUT2D eigenvalue weighted by Gasteiger charge is -1.96. The van der Waals surface area contributed by atoms with E-state index in [0.29, 0.717) is 12.1 Å². The van der Waals surface area contributed by atoms with Crippen LogP contribution in [0, 0.1) is 17.5 Å². The van der Waals surface area contributed by atoms with E-state index < -0.39 is 23.1 Å². The third-order valence-electron chi connectivity index (χ3n) is 1.14. The Hall–Kier alpha value is -1.32. The van der Waals surface area contributed by atoms with E-state index in [1.54, 1.807) is 0 Å². The Kier molecular flexibility index (Phi) is 1.94. The molecule has 1 aromatic carbocycles. The zero-order valence-electron chi connectivity index (χ0n) is 5.44. The molecule has 0 aromatic heterocycles. The molecule has 0 bridgehead atoms. The molecule has 1 aromatic rings. The molecule has 0 aliphatic heterocycles. The van der Waals surface area contributed by atoms with Crippen molar-refractivity contribution in [3.05, 3.63) is 29.6 Å². The van der Waals surface area contributed by atoms with E-state index in [9.17, 15) is 13.2 Å². The van der Waals surface area contributed by atoms with E-state index in [4.69, 9.17) is 0 Å². The summed E-state index contributed by atoms with van der Waals surface area (Å²) in [5, 5.41) is 0. The molecule has 0 N–H and O–H groups in total. The molecule has 0 aliphatic carbocycles. The Labute approximate surface area is 61.2 Å². The smallest absolute Gasteiger partial charge is 0.154 e. The first-order valence-corrected chi connectivity index (χ1v) is 2.76. The van der Waals surface area contributed by atoms with Crippen LogP contribution in [-0.4, -0.2) is 6.72 Å². The molecule has 0 saturated heterocycles. The topological polar surface area (TPSA) is 12.4 Å². The van der Waals surface area contributed by atoms with Gasteiger partial charge >= 0.3 is 0 Å². The SMILES string of the molecule is C=Nc1c(F)cc(F)cc1F. The fourth-order valence-electron chi connectivity index (χ4n) is 0.686. The molecular weight excluding hydrogens is 155 g/mol. The van der Waals surface area contributed by atoms with Gasteiger partial charge in [-0.15, -0.1) is 0 Å². The molecule has 0 radical (unpaired) electrons. The van der Waals surface area contributed by atoms with E-state index in [0.717, 1.165) is 0 Å². The average Bonchev–Trinajstić information content (AvgIpc) is 1.85. The van der Waals surface area contributed by atoms with Gasteiger partial charge in [-0.1, -0.05) is 0 Å². The van der Waals surface area contributed by atoms with Gasteiger partial charge in [-0.25, -0.2) is 13.2 Å². The summed E-state index contributed by atoms with van der Waals surface area (Å²) >= 11 is 0. The summed E-state index contributed by atoms with van der Waals surface area (Å²) in [7, 11) is 0. The lowest BCUT2D eigenvalue weighted by atomic mass is 10.3. The number of hydrogen-bond donors (Lipinski definition) is 0. The average molecular weight is 159 g/mol. The second-order valence-electron chi connectivity index (χ2n) is 1.88. The summed E-state index contributed by atoms with van der Waals surface area (Å²) in [6.45, 7) is 2.93. The predicted molar refractivity (Wildman–Crippen MR) is 35.5 cm³/mol. The number of hydrogen-bond acceptors (Lipinski definition) is 1. The Bertz CT molecular complexity index is 273. The van der Waals surface area contributed by atoms with Crippen LogP contribution in [0.1, 0.15) is 0 Å². The van der Waals surface area contributed by atoms with Gasteiger partial charge < -0.3 is 0 Å². The Morgan fingerprint density at radius 3 is 1.91 bits per heavy atom. The van der Waals surface area contributed by atoms with Crippen molar-refractivity contribution < 1.29 is 13.2 Å². The fourth-order valence-corrected chi connectivity index (χ4v) is 0.686. The molecule has 0 fully saturated rings. The van der Waals surface area contributed by atoms with Gasteiger partial charge in [0.15, 0.2) is 11.6 Å². The third kappa shape index (κ3) is 1.39. The summed E-state index contributed by atoms with van der Waals surface area (Å²) in [5.74, 6) is -3.05. The van der Waals surface area contributed by atoms with Crippen LogP contribution in [0.3, 0.4) is 0 Å². The van der Waals surface area contributed by atoms with Gasteiger partial charge in [-0.05, 0) is 6.72 Å². The van der Waals surface area contributed by atoms with Crippen LogP contribution in [0.2, 0.25) is 0 Å². The molecule has 58 valence electrons. The summed E-state index contributed by atoms with van der Waals surface area (Å²) in [5.41, 5.74) is -0.550. The first-order valence-electron chi connectivity index (χ1n) is 2.76. The first kappa shape index (κ1) is 7.78. The first-order chi connectivity index (χ1) is 5.15. The maximum absolute atomic E-state index is 12.5. The van der Waals surface area contributed by atoms with Crippen LogP contribution in [0.5, 0.6) is 0 Å². The monoisotopic (exact) mass is 159 g/mol. The molecule has 4 heteroatoms. The number of benzene rings is 1. The second-order valence-corrected chi connectivity index (χ2v) is 1.88. The molecule has 1 rings (SSSR count). The minimum atomic E-state index is -1.04. The summed E-state index contributed by atoms with van der Waals surface area (Å²) in [4.78, 5) is 3.04. The standard InChI is InChI=1S/C7H4F3N/c1-11-7-5(9)2-4(8)3-6(7)10/h2-3H,1H2. The van der Waals surface area contributed by atoms with E-state index in [2.05, 4.69) is 11.7 Å². The number of nitrogens with zero attached hydrogens (tertiary/aromatic N) is 1. The van der Waals surface area contributed by atoms with Crippen LogP contribution in [0.4, 0.5) is 18.9 Å². The van der Waals surface area contributed by atoms with Crippen LogP contribution < -0.4 is 0 Å². The molecule has 0 amide bonds. The highest BCUT2D eigenvalue weighted by Gasteiger charge is 2.08. The second kappa shape index (κ2) is 2.74. The van der Waals surface area contributed by atoms with Crippen LogP contribution in [-0.2, 0) is 0 Å². The van der Waals surface area contributed by atoms with Crippen molar-refractivity contribution in [2.75, 3.05) is 0 Å². The van der Waals surface area contributed by atoms with Gasteiger partial charge in [-0.3, -0.25) is 4.99 Å². The van der Waals surface area contributed by atoms with Crippen molar-refractivity contribution in [1.82, 2.24) is 0 Å². The molecule has 0 spiro atoms. The molecule has 1 nitrogen and oxygen atoms in total. The molecule has 0 aliphatic rings. The van der Waals surface area contributed by atoms with Crippen LogP contribution in [0.25, 0.3) is 0 Å². The summed E-state index contributed by atoms with van der Waals surface area (Å²) in [6, 6.07) is 1.10. The summed E-state index contributed by atoms with van der Waals surface area (Å²) in [6.07, 6.45) is 0. The van der Waals surface area contributed by atoms with E-state index in [1.165, 1.54) is 0 Å². The zero-order chi connectivity index (χ0) is 8.43. The van der Waals surface area contributed by atoms with Crippen molar-refractivity contribution in [3.63, 3.8) is 0 Å². The quantitative estimate of drug-likeness (QED) is 0.558. The molecule has 0 saturated carbocycles. The van der Waals surface area contributed by atoms with Gasteiger partial charge in [0, 0.05) is 12.1 Å². The van der Waals surface area contributed by atoms with Crippen molar-refractivity contribution >= 4 is 12.4 Å². The van der Waals surface area contributed by atoms with Crippen molar-refractivity contribution in [3.8, 4) is 0 Å². The normalized spacial score (nSPS) is 9.73. The van der Waals surface area contributed by atoms with Crippen molar-refractivity contribution in [2.24, 2.45) is 4.99 Å². The predicted octanol–water partition coefficient (Wildman–Crippen LogP) is 2.44. The van der Waals surface area contributed by atoms with E-state index in [1.807, 2.05) is 0 Å². The zero-order valence-corrected chi connectivity index (χ0v) is 5.44. The van der Waals surface area contributed by atoms with Gasteiger partial charge in [0.05, 0.1) is 0 Å². The Balaban J connectivity index is 3.36. The Morgan fingerprint density at radius 2 is 1.55 bits per heavy atom. The highest BCUT2D eigenvalue weighted by molar-refractivity contribution is 5.47. The molecule has 0 heterocycles. The van der Waals surface area contributed by atoms with E-state index in [-0.39, 0.29) is 0 Å². The molecule has 11 heavy (non-hydrogen) atoms. The lowest BCUT2D eigenvalue weighted by Crippen LogP contribution is -1.84. The third-order valence-corrected chi connectivity index (χ3v) is 1.14. The number of rotatable bonds is 1.